The van der Waals surface area contributed by atoms with Gasteiger partial charge in [-0.2, -0.15) is 0 Å². The fourth-order valence-electron chi connectivity index (χ4n) is 4.28. The highest BCUT2D eigenvalue weighted by molar-refractivity contribution is 5.93. The topological polar surface area (TPSA) is 113 Å². The lowest BCUT2D eigenvalue weighted by molar-refractivity contribution is -0.108. The number of aliphatic hydroxyl groups excluding tert-OH is 1. The number of aliphatic hydroxyl groups is 2. The van der Waals surface area contributed by atoms with Gasteiger partial charge in [-0.1, -0.05) is 19.3 Å². The Labute approximate surface area is 186 Å². The molecule has 2 aliphatic rings. The number of nitrogens with zero attached hydrogens (tertiary/aromatic N) is 4. The summed E-state index contributed by atoms with van der Waals surface area (Å²) in [4.78, 5) is 25.9. The number of carbonyl (C=O) groups excluding carboxylic acids is 1. The van der Waals surface area contributed by atoms with E-state index in [4.69, 9.17) is 5.11 Å². The van der Waals surface area contributed by atoms with E-state index >= 15 is 0 Å². The molecule has 32 heavy (non-hydrogen) atoms. The summed E-state index contributed by atoms with van der Waals surface area (Å²) >= 11 is 0. The van der Waals surface area contributed by atoms with Gasteiger partial charge < -0.3 is 20.1 Å². The second kappa shape index (κ2) is 9.99. The molecule has 2 heterocycles. The van der Waals surface area contributed by atoms with Crippen LogP contribution in [0.4, 0.5) is 8.78 Å². The van der Waals surface area contributed by atoms with Crippen molar-refractivity contribution in [2.75, 3.05) is 7.11 Å². The fraction of sp³-hybridized carbons (Fsp3) is 0.636. The number of aromatic nitrogens is 4. The van der Waals surface area contributed by atoms with Crippen LogP contribution in [0, 0.1) is 0 Å². The third-order valence-electron chi connectivity index (χ3n) is 6.23. The van der Waals surface area contributed by atoms with Crippen LogP contribution in [0.15, 0.2) is 18.6 Å². The predicted octanol–water partition coefficient (Wildman–Crippen LogP) is 2.95. The van der Waals surface area contributed by atoms with Crippen LogP contribution >= 0.6 is 0 Å². The molecule has 10 heteroatoms. The van der Waals surface area contributed by atoms with Gasteiger partial charge in [0, 0.05) is 33.0 Å². The summed E-state index contributed by atoms with van der Waals surface area (Å²) in [5, 5.41) is 21.1. The van der Waals surface area contributed by atoms with Crippen LogP contribution < -0.4 is 5.32 Å². The third-order valence-corrected chi connectivity index (χ3v) is 6.23. The molecule has 0 bridgehead atoms. The smallest absolute Gasteiger partial charge is 0.270 e. The Kier molecular flexibility index (Phi) is 7.55. The summed E-state index contributed by atoms with van der Waals surface area (Å²) in [5.41, 5.74) is -0.600. The summed E-state index contributed by atoms with van der Waals surface area (Å²) in [6, 6.07) is 1.54. The largest absolute Gasteiger partial charge is 0.400 e. The van der Waals surface area contributed by atoms with E-state index in [-0.39, 0.29) is 42.0 Å². The molecule has 0 saturated heterocycles. The zero-order chi connectivity index (χ0) is 23.4. The SMILES string of the molecule is CO.Cn1cncc1-c1nc(C(=O)NC2CCCCC2)cc(C2(O)CCC(F)(F)CC2)n1. The first-order valence-electron chi connectivity index (χ1n) is 11.0. The van der Waals surface area contributed by atoms with Gasteiger partial charge in [0.15, 0.2) is 5.82 Å². The Morgan fingerprint density at radius 3 is 2.38 bits per heavy atom. The van der Waals surface area contributed by atoms with Gasteiger partial charge in [-0.3, -0.25) is 4.79 Å². The van der Waals surface area contributed by atoms with E-state index in [1.165, 1.54) is 12.5 Å². The Bertz CT molecular complexity index is 918. The first-order valence-corrected chi connectivity index (χ1v) is 11.0. The van der Waals surface area contributed by atoms with Crippen LogP contribution in [0.2, 0.25) is 0 Å². The molecule has 176 valence electrons. The molecule has 4 rings (SSSR count). The lowest BCUT2D eigenvalue weighted by atomic mass is 9.80. The summed E-state index contributed by atoms with van der Waals surface area (Å²) in [5.74, 6) is -2.88. The zero-order valence-electron chi connectivity index (χ0n) is 18.5. The molecule has 2 saturated carbocycles. The van der Waals surface area contributed by atoms with E-state index < -0.39 is 24.4 Å². The van der Waals surface area contributed by atoms with E-state index in [9.17, 15) is 18.7 Å². The minimum atomic E-state index is -2.79. The molecule has 0 spiro atoms. The summed E-state index contributed by atoms with van der Waals surface area (Å²) < 4.78 is 29.0. The van der Waals surface area contributed by atoms with Crippen molar-refractivity contribution in [1.82, 2.24) is 24.8 Å². The Hall–Kier alpha value is -2.46. The van der Waals surface area contributed by atoms with E-state index in [0.29, 0.717) is 5.69 Å². The molecule has 0 atom stereocenters. The monoisotopic (exact) mass is 451 g/mol. The second-order valence-corrected chi connectivity index (χ2v) is 8.55. The molecule has 0 radical (unpaired) electrons. The molecule has 0 aromatic carbocycles. The summed E-state index contributed by atoms with van der Waals surface area (Å²) in [6.07, 6.45) is 7.26. The maximum atomic E-state index is 13.7. The average molecular weight is 452 g/mol. The van der Waals surface area contributed by atoms with Crippen molar-refractivity contribution in [2.24, 2.45) is 7.05 Å². The van der Waals surface area contributed by atoms with Crippen LogP contribution in [-0.2, 0) is 12.6 Å². The number of alkyl halides is 2. The molecule has 2 aliphatic carbocycles. The molecular weight excluding hydrogens is 420 g/mol. The molecule has 3 N–H and O–H groups in total. The standard InChI is InChI=1S/C21H27F2N5O2.CH4O/c1-28-13-24-12-16(28)18-26-15(19(29)25-14-5-3-2-4-6-14)11-17(27-18)20(30)7-9-21(22,23)10-8-20;1-2/h11-14,30H,2-10H2,1H3,(H,25,29);2H,1H3. The van der Waals surface area contributed by atoms with Gasteiger partial charge in [0.1, 0.15) is 17.0 Å². The number of hydrogen-bond acceptors (Lipinski definition) is 6. The van der Waals surface area contributed by atoms with Gasteiger partial charge in [-0.25, -0.2) is 23.7 Å². The van der Waals surface area contributed by atoms with Crippen LogP contribution in [0.3, 0.4) is 0 Å². The predicted molar refractivity (Wildman–Crippen MR) is 114 cm³/mol. The van der Waals surface area contributed by atoms with Crippen molar-refractivity contribution in [2.45, 2.75) is 75.4 Å². The van der Waals surface area contributed by atoms with Gasteiger partial charge in [-0.15, -0.1) is 0 Å². The molecule has 1 amide bonds. The van der Waals surface area contributed by atoms with Crippen molar-refractivity contribution in [3.63, 3.8) is 0 Å². The molecule has 2 fully saturated rings. The molecule has 8 nitrogen and oxygen atoms in total. The van der Waals surface area contributed by atoms with E-state index in [1.807, 2.05) is 0 Å². The van der Waals surface area contributed by atoms with Crippen LogP contribution in [0.1, 0.15) is 74.0 Å². The number of imidazole rings is 1. The molecule has 2 aromatic heterocycles. The second-order valence-electron chi connectivity index (χ2n) is 8.55. The summed E-state index contributed by atoms with van der Waals surface area (Å²) in [6.45, 7) is 0. The lowest BCUT2D eigenvalue weighted by Gasteiger charge is -2.35. The quantitative estimate of drug-likeness (QED) is 0.659. The number of aryl methyl sites for hydroxylation is 1. The van der Waals surface area contributed by atoms with E-state index in [2.05, 4.69) is 20.3 Å². The van der Waals surface area contributed by atoms with E-state index in [0.717, 1.165) is 32.8 Å². The van der Waals surface area contributed by atoms with Gasteiger partial charge in [-0.05, 0) is 31.7 Å². The normalized spacial score (nSPS) is 20.2. The number of amides is 1. The highest BCUT2D eigenvalue weighted by Gasteiger charge is 2.44. The highest BCUT2D eigenvalue weighted by Crippen LogP contribution is 2.43. The first kappa shape index (κ1) is 24.2. The van der Waals surface area contributed by atoms with Crippen molar-refractivity contribution in [3.05, 3.63) is 30.0 Å². The maximum absolute atomic E-state index is 13.7. The highest BCUT2D eigenvalue weighted by atomic mass is 19.3. The molecular formula is C22H31F2N5O3. The minimum absolute atomic E-state index is 0.0984. The number of carbonyl (C=O) groups is 1. The Balaban J connectivity index is 0.00000141. The number of hydrogen-bond donors (Lipinski definition) is 3. The van der Waals surface area contributed by atoms with Crippen molar-refractivity contribution >= 4 is 5.91 Å². The van der Waals surface area contributed by atoms with Crippen molar-refractivity contribution < 1.29 is 23.8 Å². The average Bonchev–Trinajstić information content (AvgIpc) is 3.23. The van der Waals surface area contributed by atoms with Crippen LogP contribution in [-0.4, -0.2) is 54.7 Å². The summed E-state index contributed by atoms with van der Waals surface area (Å²) in [7, 11) is 2.77. The van der Waals surface area contributed by atoms with Crippen molar-refractivity contribution in [3.8, 4) is 11.5 Å². The zero-order valence-corrected chi connectivity index (χ0v) is 18.5. The van der Waals surface area contributed by atoms with Gasteiger partial charge in [0.05, 0.1) is 18.2 Å². The van der Waals surface area contributed by atoms with E-state index in [1.54, 1.807) is 24.1 Å². The van der Waals surface area contributed by atoms with Crippen molar-refractivity contribution in [1.29, 1.82) is 0 Å². The molecule has 2 aromatic rings. The Morgan fingerprint density at radius 1 is 1.12 bits per heavy atom. The number of halogens is 2. The van der Waals surface area contributed by atoms with Gasteiger partial charge in [0.2, 0.25) is 5.92 Å². The number of nitrogens with one attached hydrogen (secondary N) is 1. The first-order chi connectivity index (χ1) is 15.3. The number of rotatable bonds is 4. The van der Waals surface area contributed by atoms with Gasteiger partial charge >= 0.3 is 0 Å². The maximum Gasteiger partial charge on any atom is 0.270 e. The third kappa shape index (κ3) is 5.47. The van der Waals surface area contributed by atoms with Crippen LogP contribution in [0.25, 0.3) is 11.5 Å². The van der Waals surface area contributed by atoms with Crippen LogP contribution in [0.5, 0.6) is 0 Å². The molecule has 0 unspecified atom stereocenters. The fourth-order valence-corrected chi connectivity index (χ4v) is 4.28. The Morgan fingerprint density at radius 2 is 1.78 bits per heavy atom. The minimum Gasteiger partial charge on any atom is -0.400 e. The lowest BCUT2D eigenvalue weighted by Crippen LogP contribution is -2.39. The van der Waals surface area contributed by atoms with Gasteiger partial charge in [0.25, 0.3) is 5.91 Å². The molecule has 0 aliphatic heterocycles.